The molecule has 7 heteroatoms. The summed E-state index contributed by atoms with van der Waals surface area (Å²) >= 11 is 3.35. The van der Waals surface area contributed by atoms with Crippen molar-refractivity contribution in [1.82, 2.24) is 9.44 Å². The summed E-state index contributed by atoms with van der Waals surface area (Å²) in [5.74, 6) is 0. The van der Waals surface area contributed by atoms with Gasteiger partial charge < -0.3 is 4.74 Å². The monoisotopic (exact) mass is 336 g/mol. The topological polar surface area (TPSA) is 67.4 Å². The van der Waals surface area contributed by atoms with Crippen molar-refractivity contribution in [3.8, 4) is 0 Å². The molecule has 102 valence electrons. The molecule has 0 heterocycles. The fourth-order valence-electron chi connectivity index (χ4n) is 1.40. The lowest BCUT2D eigenvalue weighted by Gasteiger charge is -2.15. The zero-order valence-corrected chi connectivity index (χ0v) is 12.7. The molecule has 0 aromatic heterocycles. The zero-order chi connectivity index (χ0) is 13.6. The van der Waals surface area contributed by atoms with Gasteiger partial charge in [0.05, 0.1) is 6.61 Å². The van der Waals surface area contributed by atoms with Gasteiger partial charge in [-0.25, -0.2) is 0 Å². The molecule has 2 N–H and O–H groups in total. The number of hydrogen-bond donors (Lipinski definition) is 2. The molecule has 1 aromatic rings. The molecule has 0 radical (unpaired) electrons. The largest absolute Gasteiger partial charge is 0.383 e. The number of methoxy groups -OCH3 is 1. The second kappa shape index (κ2) is 7.20. The minimum absolute atomic E-state index is 0.247. The van der Waals surface area contributed by atoms with Gasteiger partial charge in [-0.2, -0.15) is 17.9 Å². The van der Waals surface area contributed by atoms with Crippen molar-refractivity contribution in [2.24, 2.45) is 0 Å². The molecule has 1 rings (SSSR count). The highest BCUT2D eigenvalue weighted by Gasteiger charge is 2.14. The Kier molecular flexibility index (Phi) is 6.24. The third kappa shape index (κ3) is 5.45. The molecule has 5 nitrogen and oxygen atoms in total. The van der Waals surface area contributed by atoms with Crippen molar-refractivity contribution in [3.05, 3.63) is 34.3 Å². The van der Waals surface area contributed by atoms with E-state index in [1.165, 1.54) is 7.11 Å². The minimum Gasteiger partial charge on any atom is -0.383 e. The van der Waals surface area contributed by atoms with E-state index in [0.717, 1.165) is 10.0 Å². The van der Waals surface area contributed by atoms with Crippen LogP contribution in [0.5, 0.6) is 0 Å². The van der Waals surface area contributed by atoms with Crippen LogP contribution in [0.4, 0.5) is 0 Å². The van der Waals surface area contributed by atoms with Crippen LogP contribution in [0, 0.1) is 0 Å². The van der Waals surface area contributed by atoms with Crippen molar-refractivity contribution >= 4 is 26.1 Å². The van der Waals surface area contributed by atoms with E-state index in [2.05, 4.69) is 25.4 Å². The fourth-order valence-corrected chi connectivity index (χ4v) is 2.85. The summed E-state index contributed by atoms with van der Waals surface area (Å²) in [5, 5.41) is 0. The first-order chi connectivity index (χ1) is 8.44. The highest BCUT2D eigenvalue weighted by atomic mass is 79.9. The lowest BCUT2D eigenvalue weighted by atomic mass is 10.1. The highest BCUT2D eigenvalue weighted by Crippen LogP contribution is 2.18. The summed E-state index contributed by atoms with van der Waals surface area (Å²) in [4.78, 5) is 0. The smallest absolute Gasteiger partial charge is 0.277 e. The number of rotatable bonds is 7. The Morgan fingerprint density at radius 2 is 2.17 bits per heavy atom. The lowest BCUT2D eigenvalue weighted by molar-refractivity contribution is 0.204. The summed E-state index contributed by atoms with van der Waals surface area (Å²) < 4.78 is 34.0. The Morgan fingerprint density at radius 1 is 1.44 bits per heavy atom. The van der Waals surface area contributed by atoms with E-state index in [-0.39, 0.29) is 12.6 Å². The Morgan fingerprint density at radius 3 is 2.78 bits per heavy atom. The summed E-state index contributed by atoms with van der Waals surface area (Å²) in [6, 6.07) is 7.20. The number of hydrogen-bond acceptors (Lipinski definition) is 3. The van der Waals surface area contributed by atoms with Gasteiger partial charge in [0.1, 0.15) is 0 Å². The molecule has 0 amide bonds. The van der Waals surface area contributed by atoms with Gasteiger partial charge in [0.2, 0.25) is 0 Å². The van der Waals surface area contributed by atoms with E-state index in [0.29, 0.717) is 6.61 Å². The predicted molar refractivity (Wildman–Crippen MR) is 74.5 cm³/mol. The third-order valence-corrected chi connectivity index (χ3v) is 4.02. The van der Waals surface area contributed by atoms with Crippen LogP contribution in [-0.4, -0.2) is 28.7 Å². The average Bonchev–Trinajstić information content (AvgIpc) is 2.28. The quantitative estimate of drug-likeness (QED) is 0.743. The van der Waals surface area contributed by atoms with Crippen molar-refractivity contribution in [1.29, 1.82) is 0 Å². The lowest BCUT2D eigenvalue weighted by Crippen LogP contribution is -2.39. The SMILES string of the molecule is COCCNS(=O)(=O)NC(C)c1cccc(Br)c1. The molecule has 0 saturated heterocycles. The molecule has 0 saturated carbocycles. The van der Waals surface area contributed by atoms with E-state index in [1.54, 1.807) is 6.92 Å². The summed E-state index contributed by atoms with van der Waals surface area (Å²) in [5.41, 5.74) is 0.890. The first kappa shape index (κ1) is 15.6. The zero-order valence-electron chi connectivity index (χ0n) is 10.3. The molecule has 0 aliphatic heterocycles. The van der Waals surface area contributed by atoms with E-state index in [9.17, 15) is 8.42 Å². The maximum Gasteiger partial charge on any atom is 0.277 e. The number of halogens is 1. The van der Waals surface area contributed by atoms with E-state index < -0.39 is 10.2 Å². The molecule has 0 spiro atoms. The second-order valence-electron chi connectivity index (χ2n) is 3.79. The van der Waals surface area contributed by atoms with Crippen molar-refractivity contribution in [2.75, 3.05) is 20.3 Å². The Labute approximate surface area is 116 Å². The molecule has 1 atom stereocenters. The molecular weight excluding hydrogens is 320 g/mol. The first-order valence-corrected chi connectivity index (χ1v) is 7.73. The molecule has 1 aromatic carbocycles. The van der Waals surface area contributed by atoms with Crippen molar-refractivity contribution in [3.63, 3.8) is 0 Å². The first-order valence-electron chi connectivity index (χ1n) is 5.46. The molecule has 1 unspecified atom stereocenters. The Bertz CT molecular complexity index is 479. The summed E-state index contributed by atoms with van der Waals surface area (Å²) in [6.07, 6.45) is 0. The van der Waals surface area contributed by atoms with Gasteiger partial charge in [-0.15, -0.1) is 0 Å². The standard InChI is InChI=1S/C11H17BrN2O3S/c1-9(10-4-3-5-11(12)8-10)14-18(15,16)13-6-7-17-2/h3-5,8-9,13-14H,6-7H2,1-2H3. The third-order valence-electron chi connectivity index (χ3n) is 2.28. The van der Waals surface area contributed by atoms with Crippen LogP contribution in [0.3, 0.4) is 0 Å². The van der Waals surface area contributed by atoms with Crippen LogP contribution in [-0.2, 0) is 14.9 Å². The van der Waals surface area contributed by atoms with Crippen LogP contribution in [0.25, 0.3) is 0 Å². The highest BCUT2D eigenvalue weighted by molar-refractivity contribution is 9.10. The minimum atomic E-state index is -3.51. The molecule has 18 heavy (non-hydrogen) atoms. The van der Waals surface area contributed by atoms with Gasteiger partial charge in [0, 0.05) is 24.2 Å². The van der Waals surface area contributed by atoms with Crippen LogP contribution in [0.1, 0.15) is 18.5 Å². The maximum absolute atomic E-state index is 11.7. The Hall–Kier alpha value is -0.470. The van der Waals surface area contributed by atoms with Gasteiger partial charge >= 0.3 is 0 Å². The summed E-state index contributed by atoms with van der Waals surface area (Å²) in [7, 11) is -1.99. The number of nitrogens with one attached hydrogen (secondary N) is 2. The second-order valence-corrected chi connectivity index (χ2v) is 6.23. The van der Waals surface area contributed by atoms with Crippen molar-refractivity contribution in [2.45, 2.75) is 13.0 Å². The molecule has 0 fully saturated rings. The molecule has 0 bridgehead atoms. The summed E-state index contributed by atoms with van der Waals surface area (Å²) in [6.45, 7) is 2.38. The van der Waals surface area contributed by atoms with Crippen LogP contribution in [0.2, 0.25) is 0 Å². The van der Waals surface area contributed by atoms with Gasteiger partial charge in [-0.1, -0.05) is 28.1 Å². The normalized spacial score (nSPS) is 13.5. The number of ether oxygens (including phenoxy) is 1. The van der Waals surface area contributed by atoms with Gasteiger partial charge in [-0.05, 0) is 24.6 Å². The van der Waals surface area contributed by atoms with Crippen LogP contribution in [0.15, 0.2) is 28.7 Å². The van der Waals surface area contributed by atoms with E-state index in [4.69, 9.17) is 4.74 Å². The average molecular weight is 337 g/mol. The molecule has 0 aliphatic rings. The maximum atomic E-state index is 11.7. The molecular formula is C11H17BrN2O3S. The molecule has 0 aliphatic carbocycles. The Balaban J connectivity index is 2.61. The van der Waals surface area contributed by atoms with Crippen LogP contribution < -0.4 is 9.44 Å². The fraction of sp³-hybridized carbons (Fsp3) is 0.455. The van der Waals surface area contributed by atoms with Crippen molar-refractivity contribution < 1.29 is 13.2 Å². The van der Waals surface area contributed by atoms with Crippen LogP contribution >= 0.6 is 15.9 Å². The number of benzene rings is 1. The van der Waals surface area contributed by atoms with Gasteiger partial charge in [0.25, 0.3) is 10.2 Å². The van der Waals surface area contributed by atoms with E-state index in [1.807, 2.05) is 24.3 Å². The van der Waals surface area contributed by atoms with Gasteiger partial charge in [0.15, 0.2) is 0 Å². The van der Waals surface area contributed by atoms with Gasteiger partial charge in [-0.3, -0.25) is 0 Å². The van der Waals surface area contributed by atoms with E-state index >= 15 is 0 Å². The predicted octanol–water partition coefficient (Wildman–Crippen LogP) is 1.58.